The SMILES string of the molecule is CCN(Cc1ccco1)c1c(N)cnc2ccc(Br)cc12. The molecular formula is C16H16BrN3O. The van der Waals surface area contributed by atoms with Crippen molar-refractivity contribution in [2.24, 2.45) is 0 Å². The second kappa shape index (κ2) is 5.77. The fourth-order valence-corrected chi connectivity index (χ4v) is 2.82. The molecule has 2 heterocycles. The van der Waals surface area contributed by atoms with Crippen LogP contribution in [0, 0.1) is 0 Å². The van der Waals surface area contributed by atoms with Crippen molar-refractivity contribution >= 4 is 38.2 Å². The largest absolute Gasteiger partial charge is 0.467 e. The van der Waals surface area contributed by atoms with Gasteiger partial charge in [0.05, 0.1) is 35.9 Å². The quantitative estimate of drug-likeness (QED) is 0.769. The van der Waals surface area contributed by atoms with Crippen molar-refractivity contribution < 1.29 is 4.42 Å². The van der Waals surface area contributed by atoms with Crippen molar-refractivity contribution in [1.29, 1.82) is 0 Å². The van der Waals surface area contributed by atoms with Gasteiger partial charge in [0.2, 0.25) is 0 Å². The lowest BCUT2D eigenvalue weighted by molar-refractivity contribution is 0.504. The molecule has 2 aromatic heterocycles. The Bertz CT molecular complexity index is 750. The fraction of sp³-hybridized carbons (Fsp3) is 0.188. The molecule has 5 heteroatoms. The number of furan rings is 1. The Labute approximate surface area is 131 Å². The molecule has 2 N–H and O–H groups in total. The Balaban J connectivity index is 2.12. The first kappa shape index (κ1) is 13.9. The van der Waals surface area contributed by atoms with Crippen molar-refractivity contribution in [2.75, 3.05) is 17.2 Å². The number of aromatic nitrogens is 1. The Morgan fingerprint density at radius 1 is 1.33 bits per heavy atom. The molecule has 0 radical (unpaired) electrons. The highest BCUT2D eigenvalue weighted by atomic mass is 79.9. The van der Waals surface area contributed by atoms with E-state index >= 15 is 0 Å². The van der Waals surface area contributed by atoms with Gasteiger partial charge >= 0.3 is 0 Å². The summed E-state index contributed by atoms with van der Waals surface area (Å²) in [5.74, 6) is 0.913. The summed E-state index contributed by atoms with van der Waals surface area (Å²) in [6.45, 7) is 3.61. The summed E-state index contributed by atoms with van der Waals surface area (Å²) < 4.78 is 6.47. The van der Waals surface area contributed by atoms with Gasteiger partial charge in [0, 0.05) is 16.4 Å². The zero-order valence-electron chi connectivity index (χ0n) is 11.7. The van der Waals surface area contributed by atoms with E-state index in [1.165, 1.54) is 0 Å². The Morgan fingerprint density at radius 2 is 2.19 bits per heavy atom. The molecule has 3 rings (SSSR count). The predicted octanol–water partition coefficient (Wildman–Crippen LogP) is 4.20. The molecule has 0 amide bonds. The number of rotatable bonds is 4. The van der Waals surface area contributed by atoms with E-state index in [0.717, 1.165) is 33.4 Å². The van der Waals surface area contributed by atoms with Gasteiger partial charge in [-0.2, -0.15) is 0 Å². The number of hydrogen-bond donors (Lipinski definition) is 1. The summed E-state index contributed by atoms with van der Waals surface area (Å²) in [6.07, 6.45) is 3.41. The Morgan fingerprint density at radius 3 is 2.90 bits per heavy atom. The highest BCUT2D eigenvalue weighted by Gasteiger charge is 2.15. The maximum Gasteiger partial charge on any atom is 0.123 e. The molecule has 0 spiro atoms. The molecular weight excluding hydrogens is 330 g/mol. The summed E-state index contributed by atoms with van der Waals surface area (Å²) in [4.78, 5) is 6.60. The average Bonchev–Trinajstić information content (AvgIpc) is 2.98. The summed E-state index contributed by atoms with van der Waals surface area (Å²) in [6, 6.07) is 9.89. The van der Waals surface area contributed by atoms with Crippen LogP contribution in [0.5, 0.6) is 0 Å². The number of nitrogen functional groups attached to an aromatic ring is 1. The van der Waals surface area contributed by atoms with Crippen molar-refractivity contribution in [2.45, 2.75) is 13.5 Å². The Kier molecular flexibility index (Phi) is 3.84. The fourth-order valence-electron chi connectivity index (χ4n) is 2.46. The maximum absolute atomic E-state index is 6.19. The minimum atomic E-state index is 0.675. The van der Waals surface area contributed by atoms with Crippen LogP contribution in [0.1, 0.15) is 12.7 Å². The summed E-state index contributed by atoms with van der Waals surface area (Å²) in [5.41, 5.74) is 8.80. The van der Waals surface area contributed by atoms with E-state index in [4.69, 9.17) is 10.2 Å². The van der Waals surface area contributed by atoms with Gasteiger partial charge in [0.25, 0.3) is 0 Å². The zero-order valence-corrected chi connectivity index (χ0v) is 13.3. The van der Waals surface area contributed by atoms with Gasteiger partial charge in [-0.3, -0.25) is 4.98 Å². The number of halogens is 1. The van der Waals surface area contributed by atoms with Crippen LogP contribution in [0.15, 0.2) is 51.7 Å². The highest BCUT2D eigenvalue weighted by Crippen LogP contribution is 2.34. The monoisotopic (exact) mass is 345 g/mol. The van der Waals surface area contributed by atoms with Crippen LogP contribution < -0.4 is 10.6 Å². The van der Waals surface area contributed by atoms with Crippen LogP contribution in [-0.2, 0) is 6.54 Å². The molecule has 0 saturated carbocycles. The molecule has 0 aliphatic rings. The second-order valence-electron chi connectivity index (χ2n) is 4.82. The van der Waals surface area contributed by atoms with Gasteiger partial charge in [0.1, 0.15) is 5.76 Å². The molecule has 3 aromatic rings. The van der Waals surface area contributed by atoms with E-state index in [-0.39, 0.29) is 0 Å². The van der Waals surface area contributed by atoms with E-state index in [0.29, 0.717) is 12.2 Å². The molecule has 0 saturated heterocycles. The third kappa shape index (κ3) is 2.74. The first-order valence-electron chi connectivity index (χ1n) is 6.80. The molecule has 4 nitrogen and oxygen atoms in total. The normalized spacial score (nSPS) is 11.0. The summed E-state index contributed by atoms with van der Waals surface area (Å²) in [7, 11) is 0. The van der Waals surface area contributed by atoms with Gasteiger partial charge in [-0.25, -0.2) is 0 Å². The lowest BCUT2D eigenvalue weighted by Crippen LogP contribution is -2.23. The number of fused-ring (bicyclic) bond motifs is 1. The van der Waals surface area contributed by atoms with Gasteiger partial charge < -0.3 is 15.1 Å². The third-order valence-corrected chi connectivity index (χ3v) is 3.95. The van der Waals surface area contributed by atoms with Crippen molar-refractivity contribution in [3.8, 4) is 0 Å². The van der Waals surface area contributed by atoms with Crippen molar-refractivity contribution in [3.05, 3.63) is 53.0 Å². The van der Waals surface area contributed by atoms with Crippen molar-refractivity contribution in [3.63, 3.8) is 0 Å². The molecule has 0 aliphatic heterocycles. The molecule has 0 unspecified atom stereocenters. The minimum Gasteiger partial charge on any atom is -0.467 e. The molecule has 0 atom stereocenters. The van der Waals surface area contributed by atoms with E-state index < -0.39 is 0 Å². The maximum atomic E-state index is 6.19. The summed E-state index contributed by atoms with van der Waals surface area (Å²) >= 11 is 3.52. The molecule has 108 valence electrons. The van der Waals surface area contributed by atoms with Crippen LogP contribution in [-0.4, -0.2) is 11.5 Å². The van der Waals surface area contributed by atoms with E-state index in [2.05, 4.69) is 38.8 Å². The molecule has 21 heavy (non-hydrogen) atoms. The van der Waals surface area contributed by atoms with Gasteiger partial charge in [0.15, 0.2) is 0 Å². The molecule has 0 aliphatic carbocycles. The number of anilines is 2. The number of pyridine rings is 1. The lowest BCUT2D eigenvalue weighted by Gasteiger charge is -2.25. The minimum absolute atomic E-state index is 0.675. The smallest absolute Gasteiger partial charge is 0.123 e. The number of benzene rings is 1. The number of nitrogens with two attached hydrogens (primary N) is 1. The molecule has 0 bridgehead atoms. The van der Waals surface area contributed by atoms with Gasteiger partial charge in [-0.15, -0.1) is 0 Å². The first-order chi connectivity index (χ1) is 10.2. The van der Waals surface area contributed by atoms with Crippen molar-refractivity contribution in [1.82, 2.24) is 4.98 Å². The predicted molar refractivity (Wildman–Crippen MR) is 89.3 cm³/mol. The van der Waals surface area contributed by atoms with Crippen LogP contribution in [0.2, 0.25) is 0 Å². The first-order valence-corrected chi connectivity index (χ1v) is 7.59. The van der Waals surface area contributed by atoms with Crippen LogP contribution >= 0.6 is 15.9 Å². The molecule has 1 aromatic carbocycles. The van der Waals surface area contributed by atoms with E-state index in [9.17, 15) is 0 Å². The number of hydrogen-bond acceptors (Lipinski definition) is 4. The second-order valence-corrected chi connectivity index (χ2v) is 5.73. The van der Waals surface area contributed by atoms with Crippen LogP contribution in [0.4, 0.5) is 11.4 Å². The molecule has 0 fully saturated rings. The van der Waals surface area contributed by atoms with Crippen LogP contribution in [0.3, 0.4) is 0 Å². The third-order valence-electron chi connectivity index (χ3n) is 3.45. The van der Waals surface area contributed by atoms with Gasteiger partial charge in [-0.1, -0.05) is 15.9 Å². The van der Waals surface area contributed by atoms with E-state index in [1.54, 1.807) is 12.5 Å². The lowest BCUT2D eigenvalue weighted by atomic mass is 10.1. The Hall–Kier alpha value is -2.01. The highest BCUT2D eigenvalue weighted by molar-refractivity contribution is 9.10. The zero-order chi connectivity index (χ0) is 14.8. The van der Waals surface area contributed by atoms with Gasteiger partial charge in [-0.05, 0) is 37.3 Å². The summed E-state index contributed by atoms with van der Waals surface area (Å²) in [5, 5.41) is 1.04. The topological polar surface area (TPSA) is 55.3 Å². The van der Waals surface area contributed by atoms with Crippen LogP contribution in [0.25, 0.3) is 10.9 Å². The van der Waals surface area contributed by atoms with E-state index in [1.807, 2.05) is 24.3 Å². The average molecular weight is 346 g/mol. The number of nitrogens with zero attached hydrogens (tertiary/aromatic N) is 2. The standard InChI is InChI=1S/C16H16BrN3O/c1-2-20(10-12-4-3-7-21-12)16-13-8-11(17)5-6-15(13)19-9-14(16)18/h3-9H,2,10,18H2,1H3.